The number of rotatable bonds is 6. The van der Waals surface area contributed by atoms with Gasteiger partial charge in [0, 0.05) is 0 Å². The molecule has 0 aliphatic carbocycles. The highest BCUT2D eigenvalue weighted by molar-refractivity contribution is 6.31. The van der Waals surface area contributed by atoms with Gasteiger partial charge in [0.2, 0.25) is 0 Å². The van der Waals surface area contributed by atoms with Gasteiger partial charge in [0.05, 0.1) is 0 Å². The summed E-state index contributed by atoms with van der Waals surface area (Å²) in [4.78, 5) is 0. The fourth-order valence-electron chi connectivity index (χ4n) is 9.58. The van der Waals surface area contributed by atoms with Gasteiger partial charge in [0.1, 0.15) is 0 Å². The van der Waals surface area contributed by atoms with Crippen LogP contribution in [0.15, 0.2) is 212 Å². The predicted molar refractivity (Wildman–Crippen MR) is 323 cm³/mol. The van der Waals surface area contributed by atoms with Crippen molar-refractivity contribution in [1.29, 1.82) is 0 Å². The quantitative estimate of drug-likeness (QED) is 0.0885. The van der Waals surface area contributed by atoms with Gasteiger partial charge < -0.3 is 0 Å². The molecule has 0 aromatic heterocycles. The summed E-state index contributed by atoms with van der Waals surface area (Å²) < 4.78 is 0. The first kappa shape index (κ1) is 52.8. The Balaban J connectivity index is 0.000000287. The molecule has 0 atom stereocenters. The molecule has 0 spiro atoms. The van der Waals surface area contributed by atoms with Gasteiger partial charge in [-0.1, -0.05) is 259 Å². The van der Waals surface area contributed by atoms with E-state index in [0.717, 1.165) is 5.57 Å². The summed E-state index contributed by atoms with van der Waals surface area (Å²) in [5, 5.41) is 15.6. The van der Waals surface area contributed by atoms with Crippen LogP contribution < -0.4 is 0 Å². The highest BCUT2D eigenvalue weighted by Crippen LogP contribution is 2.46. The Morgan fingerprint density at radius 1 is 0.366 bits per heavy atom. The second kappa shape index (κ2) is 24.8. The first-order valence-electron chi connectivity index (χ1n) is 25.9. The summed E-state index contributed by atoms with van der Waals surface area (Å²) in [6, 6.07) is 62.8. The number of allylic oxidation sites excluding steroid dienone is 7. The fraction of sp³-hybridized carbons (Fsp3) is 0.183. The van der Waals surface area contributed by atoms with E-state index in [1.165, 1.54) is 126 Å². The molecule has 0 aliphatic rings. The molecule has 0 unspecified atom stereocenters. The third kappa shape index (κ3) is 10.9. The Labute approximate surface area is 426 Å². The third-order valence-corrected chi connectivity index (χ3v) is 13.0. The molecular formula is C71H74. The van der Waals surface area contributed by atoms with E-state index in [1.54, 1.807) is 0 Å². The average molecular weight is 927 g/mol. The highest BCUT2D eigenvalue weighted by atomic mass is 14.2. The Hall–Kier alpha value is -7.54. The summed E-state index contributed by atoms with van der Waals surface area (Å²) in [7, 11) is 0. The van der Waals surface area contributed by atoms with Gasteiger partial charge in [-0.05, 0) is 169 Å². The minimum absolute atomic E-state index is 1.14. The third-order valence-electron chi connectivity index (χ3n) is 13.0. The molecule has 71 heavy (non-hydrogen) atoms. The topological polar surface area (TPSA) is 0 Å². The van der Waals surface area contributed by atoms with E-state index in [9.17, 15) is 0 Å². The fourth-order valence-corrected chi connectivity index (χ4v) is 9.58. The summed E-state index contributed by atoms with van der Waals surface area (Å²) in [6.07, 6.45) is 10.3. The van der Waals surface area contributed by atoms with E-state index in [1.807, 2.05) is 73.6 Å². The molecule has 0 nitrogen and oxygen atoms in total. The van der Waals surface area contributed by atoms with Crippen molar-refractivity contribution in [2.75, 3.05) is 0 Å². The van der Waals surface area contributed by atoms with Crippen LogP contribution in [0.2, 0.25) is 0 Å². The molecule has 0 heterocycles. The largest absolute Gasteiger partial charge is 0.0984 e. The van der Waals surface area contributed by atoms with Crippen LogP contribution in [0.25, 0.3) is 104 Å². The van der Waals surface area contributed by atoms with E-state index in [2.05, 4.69) is 223 Å². The van der Waals surface area contributed by atoms with Crippen molar-refractivity contribution in [2.45, 2.75) is 90.0 Å². The summed E-state index contributed by atoms with van der Waals surface area (Å²) in [5.41, 5.74) is 15.4. The van der Waals surface area contributed by atoms with Gasteiger partial charge >= 0.3 is 0 Å². The van der Waals surface area contributed by atoms with E-state index in [-0.39, 0.29) is 0 Å². The van der Waals surface area contributed by atoms with Gasteiger partial charge in [-0.2, -0.15) is 0 Å². The zero-order valence-corrected chi connectivity index (χ0v) is 44.8. The summed E-state index contributed by atoms with van der Waals surface area (Å²) in [5.74, 6) is 0. The van der Waals surface area contributed by atoms with Crippen molar-refractivity contribution in [2.24, 2.45) is 0 Å². The van der Waals surface area contributed by atoms with Crippen molar-refractivity contribution in [1.82, 2.24) is 0 Å². The predicted octanol–water partition coefficient (Wildman–Crippen LogP) is 22.3. The monoisotopic (exact) mass is 927 g/mol. The molecule has 11 aromatic carbocycles. The highest BCUT2D eigenvalue weighted by Gasteiger charge is 2.19. The second-order valence-electron chi connectivity index (χ2n) is 17.5. The molecule has 0 N–H and O–H groups in total. The van der Waals surface area contributed by atoms with E-state index in [0.29, 0.717) is 0 Å². The molecule has 0 radical (unpaired) electrons. The number of hydrogen-bond donors (Lipinski definition) is 0. The smallest absolute Gasteiger partial charge is 0.00203 e. The molecule has 0 fully saturated rings. The number of aryl methyl sites for hydroxylation is 3. The number of benzene rings is 11. The van der Waals surface area contributed by atoms with Gasteiger partial charge in [-0.25, -0.2) is 0 Å². The van der Waals surface area contributed by atoms with Crippen LogP contribution in [0.5, 0.6) is 0 Å². The Morgan fingerprint density at radius 3 is 1.14 bits per heavy atom. The van der Waals surface area contributed by atoms with Gasteiger partial charge in [-0.3, -0.25) is 0 Å². The maximum atomic E-state index is 4.17. The molecular weight excluding hydrogens is 853 g/mol. The van der Waals surface area contributed by atoms with Crippen LogP contribution in [0.1, 0.15) is 91.5 Å². The van der Waals surface area contributed by atoms with Crippen molar-refractivity contribution in [3.05, 3.63) is 235 Å². The van der Waals surface area contributed by atoms with Crippen molar-refractivity contribution in [3.8, 4) is 33.4 Å². The molecule has 11 aromatic rings. The van der Waals surface area contributed by atoms with Crippen LogP contribution in [0.4, 0.5) is 0 Å². The lowest BCUT2D eigenvalue weighted by atomic mass is 9.84. The maximum absolute atomic E-state index is 4.17. The van der Waals surface area contributed by atoms with Crippen molar-refractivity contribution >= 4 is 70.2 Å². The molecule has 0 saturated heterocycles. The first-order chi connectivity index (χ1) is 34.7. The molecule has 0 bridgehead atoms. The Kier molecular flexibility index (Phi) is 18.5. The van der Waals surface area contributed by atoms with Crippen molar-refractivity contribution < 1.29 is 0 Å². The molecule has 0 saturated carbocycles. The van der Waals surface area contributed by atoms with Gasteiger partial charge in [-0.15, -0.1) is 0 Å². The van der Waals surface area contributed by atoms with Crippen LogP contribution in [-0.2, 0) is 0 Å². The Bertz CT molecular complexity index is 3550. The van der Waals surface area contributed by atoms with Gasteiger partial charge in [0.25, 0.3) is 0 Å². The van der Waals surface area contributed by atoms with Crippen LogP contribution in [0, 0.1) is 20.8 Å². The zero-order chi connectivity index (χ0) is 51.2. The molecule has 0 aliphatic heterocycles. The lowest BCUT2D eigenvalue weighted by Crippen LogP contribution is -1.92. The summed E-state index contributed by atoms with van der Waals surface area (Å²) in [6.45, 7) is 30.9. The molecule has 0 heteroatoms. The lowest BCUT2D eigenvalue weighted by molar-refractivity contribution is 1.39. The normalized spacial score (nSPS) is 11.0. The van der Waals surface area contributed by atoms with E-state index < -0.39 is 0 Å². The average Bonchev–Trinajstić information content (AvgIpc) is 3.42. The van der Waals surface area contributed by atoms with E-state index >= 15 is 0 Å². The minimum Gasteiger partial charge on any atom is -0.0984 e. The van der Waals surface area contributed by atoms with E-state index in [4.69, 9.17) is 0 Å². The standard InChI is InChI=1S/C47H34.C14H14.C4H8.3C2H6/c1-5-30(9-6-28(2)3)36-20-12-32-18-26-42-38(22-14-34-16-24-40(36)44(32)46(34)42)39-23-15-35-17-25-41-37(31-10-7-29(4)8-11-31)21-13-33-19-27-43(39)47(35)45(33)41;1-11-7-3-5-9-13(11)14-10-6-4-8-12(14)2;1-3-4-2;3*1-2/h5-27H,1H2,2-4H3;3-10H,1-2H3;3-4H,1-2H3;3*1-2H3/b30-9+;;4-3-;;;. The van der Waals surface area contributed by atoms with Crippen LogP contribution in [-0.4, -0.2) is 0 Å². The first-order valence-corrected chi connectivity index (χ1v) is 25.9. The zero-order valence-electron chi connectivity index (χ0n) is 44.8. The second-order valence-corrected chi connectivity index (χ2v) is 17.5. The molecule has 0 amide bonds. The Morgan fingerprint density at radius 2 is 0.732 bits per heavy atom. The maximum Gasteiger partial charge on any atom is -0.00203 e. The molecule has 11 rings (SSSR count). The van der Waals surface area contributed by atoms with Crippen LogP contribution >= 0.6 is 0 Å². The SMILES string of the molecule is C/C=C\C.C=C/C(=C\C=C(C)C)c1ccc2ccc3c(-c4ccc5ccc6c(-c7ccc(C)cc7)ccc7ccc4c5c76)ccc4ccc1c2c43.CC.CC.CC.Cc1ccccc1-c1ccccc1C. The minimum atomic E-state index is 1.14. The summed E-state index contributed by atoms with van der Waals surface area (Å²) >= 11 is 0. The van der Waals surface area contributed by atoms with Crippen molar-refractivity contribution in [3.63, 3.8) is 0 Å². The lowest BCUT2D eigenvalue weighted by Gasteiger charge is -2.19. The van der Waals surface area contributed by atoms with Crippen LogP contribution in [0.3, 0.4) is 0 Å². The molecule has 358 valence electrons. The number of hydrogen-bond acceptors (Lipinski definition) is 0. The van der Waals surface area contributed by atoms with Gasteiger partial charge in [0.15, 0.2) is 0 Å².